The van der Waals surface area contributed by atoms with Crippen molar-refractivity contribution in [1.29, 1.82) is 0 Å². The van der Waals surface area contributed by atoms with Crippen LogP contribution in [-0.4, -0.2) is 53.3 Å². The number of aliphatic carboxylic acids is 1. The molecule has 1 aromatic carbocycles. The summed E-state index contributed by atoms with van der Waals surface area (Å²) in [5.41, 5.74) is 0.987. The van der Waals surface area contributed by atoms with Crippen molar-refractivity contribution in [3.8, 4) is 0 Å². The number of hydrogen-bond donors (Lipinski definition) is 1. The number of carboxylic acid groups (broad SMARTS) is 1. The molecule has 1 amide bonds. The third-order valence-electron chi connectivity index (χ3n) is 3.54. The summed E-state index contributed by atoms with van der Waals surface area (Å²) in [4.78, 5) is 24.9. The van der Waals surface area contributed by atoms with Gasteiger partial charge in [-0.15, -0.1) is 0 Å². The minimum Gasteiger partial charge on any atom is -0.479 e. The van der Waals surface area contributed by atoms with E-state index in [4.69, 9.17) is 14.6 Å². The van der Waals surface area contributed by atoms with E-state index < -0.39 is 18.2 Å². The van der Waals surface area contributed by atoms with Crippen molar-refractivity contribution in [2.45, 2.75) is 38.8 Å². The molecular formula is C16H21NO5. The van der Waals surface area contributed by atoms with Crippen LogP contribution in [0.15, 0.2) is 30.3 Å². The Hall–Kier alpha value is -1.92. The lowest BCUT2D eigenvalue weighted by atomic mass is 10.2. The predicted octanol–water partition coefficient (Wildman–Crippen LogP) is 1.29. The molecule has 1 aromatic rings. The highest BCUT2D eigenvalue weighted by atomic mass is 16.5. The van der Waals surface area contributed by atoms with E-state index in [0.717, 1.165) is 5.56 Å². The van der Waals surface area contributed by atoms with Crippen LogP contribution in [0.2, 0.25) is 0 Å². The van der Waals surface area contributed by atoms with Crippen molar-refractivity contribution >= 4 is 11.9 Å². The third-order valence-corrected chi connectivity index (χ3v) is 3.54. The van der Waals surface area contributed by atoms with Gasteiger partial charge in [0.15, 0.2) is 6.10 Å². The van der Waals surface area contributed by atoms with Crippen LogP contribution in [0.25, 0.3) is 0 Å². The normalized spacial score (nSPS) is 23.1. The van der Waals surface area contributed by atoms with Gasteiger partial charge in [0, 0.05) is 6.54 Å². The van der Waals surface area contributed by atoms with Gasteiger partial charge in [0.05, 0.1) is 19.3 Å². The third kappa shape index (κ3) is 4.29. The highest BCUT2D eigenvalue weighted by Crippen LogP contribution is 2.14. The van der Waals surface area contributed by atoms with Crippen molar-refractivity contribution in [2.24, 2.45) is 0 Å². The summed E-state index contributed by atoms with van der Waals surface area (Å²) >= 11 is 0. The summed E-state index contributed by atoms with van der Waals surface area (Å²) in [5.74, 6) is -1.26. The fourth-order valence-corrected chi connectivity index (χ4v) is 2.39. The van der Waals surface area contributed by atoms with E-state index in [9.17, 15) is 9.59 Å². The molecule has 120 valence electrons. The molecule has 1 fully saturated rings. The van der Waals surface area contributed by atoms with Gasteiger partial charge in [0.2, 0.25) is 0 Å². The zero-order valence-corrected chi connectivity index (χ0v) is 12.8. The standard InChI is InChI=1S/C16H21NO5/c1-11-8-17(9-14(22-11)16(19)20)15(18)12(2)21-10-13-6-4-3-5-7-13/h3-7,11-12,14H,8-10H2,1-2H3,(H,19,20)/t11-,12?,14?/m1/s1. The number of carbonyl (C=O) groups excluding carboxylic acids is 1. The Morgan fingerprint density at radius 2 is 2.05 bits per heavy atom. The minimum absolute atomic E-state index is 0.0531. The number of morpholine rings is 1. The fraction of sp³-hybridized carbons (Fsp3) is 0.500. The van der Waals surface area contributed by atoms with E-state index in [1.807, 2.05) is 30.3 Å². The van der Waals surface area contributed by atoms with Gasteiger partial charge in [-0.2, -0.15) is 0 Å². The topological polar surface area (TPSA) is 76.1 Å². The number of amides is 1. The molecule has 0 spiro atoms. The first-order valence-corrected chi connectivity index (χ1v) is 7.30. The van der Waals surface area contributed by atoms with Crippen LogP contribution in [0, 0.1) is 0 Å². The Bertz CT molecular complexity index is 519. The highest BCUT2D eigenvalue weighted by molar-refractivity contribution is 5.82. The summed E-state index contributed by atoms with van der Waals surface area (Å²) in [5, 5.41) is 9.05. The Kier molecular flexibility index (Phi) is 5.51. The Morgan fingerprint density at radius 1 is 1.36 bits per heavy atom. The second-order valence-electron chi connectivity index (χ2n) is 5.46. The summed E-state index contributed by atoms with van der Waals surface area (Å²) in [7, 11) is 0. The van der Waals surface area contributed by atoms with Gasteiger partial charge in [-0.05, 0) is 19.4 Å². The molecule has 1 aliphatic heterocycles. The van der Waals surface area contributed by atoms with Crippen LogP contribution in [0.3, 0.4) is 0 Å². The summed E-state index contributed by atoms with van der Waals surface area (Å²) < 4.78 is 10.9. The van der Waals surface area contributed by atoms with Gasteiger partial charge in [-0.1, -0.05) is 30.3 Å². The van der Waals surface area contributed by atoms with E-state index in [0.29, 0.717) is 13.2 Å². The van der Waals surface area contributed by atoms with E-state index in [-0.39, 0.29) is 18.6 Å². The number of carboxylic acids is 1. The molecule has 0 aromatic heterocycles. The average Bonchev–Trinajstić information content (AvgIpc) is 2.52. The van der Waals surface area contributed by atoms with Crippen molar-refractivity contribution < 1.29 is 24.2 Å². The first kappa shape index (κ1) is 16.5. The Labute approximate surface area is 129 Å². The van der Waals surface area contributed by atoms with Gasteiger partial charge >= 0.3 is 5.97 Å². The van der Waals surface area contributed by atoms with Crippen molar-refractivity contribution in [3.05, 3.63) is 35.9 Å². The molecule has 1 saturated heterocycles. The average molecular weight is 307 g/mol. The van der Waals surface area contributed by atoms with E-state index >= 15 is 0 Å². The molecule has 0 aliphatic carbocycles. The monoisotopic (exact) mass is 307 g/mol. The van der Waals surface area contributed by atoms with Crippen LogP contribution >= 0.6 is 0 Å². The van der Waals surface area contributed by atoms with E-state index in [2.05, 4.69) is 0 Å². The smallest absolute Gasteiger partial charge is 0.334 e. The van der Waals surface area contributed by atoms with Crippen LogP contribution < -0.4 is 0 Å². The maximum absolute atomic E-state index is 12.4. The van der Waals surface area contributed by atoms with Gasteiger partial charge in [-0.25, -0.2) is 4.79 Å². The SMILES string of the molecule is CC(OCc1ccccc1)C(=O)N1CC(C(=O)O)O[C@H](C)C1. The van der Waals surface area contributed by atoms with Gasteiger partial charge in [0.25, 0.3) is 5.91 Å². The maximum Gasteiger partial charge on any atom is 0.334 e. The van der Waals surface area contributed by atoms with Crippen molar-refractivity contribution in [1.82, 2.24) is 4.90 Å². The number of hydrogen-bond acceptors (Lipinski definition) is 4. The fourth-order valence-electron chi connectivity index (χ4n) is 2.39. The summed E-state index contributed by atoms with van der Waals surface area (Å²) in [6.45, 7) is 4.21. The molecule has 1 aliphatic rings. The first-order chi connectivity index (χ1) is 10.5. The molecule has 2 rings (SSSR count). The largest absolute Gasteiger partial charge is 0.479 e. The molecule has 3 atom stereocenters. The van der Waals surface area contributed by atoms with Crippen LogP contribution in [0.4, 0.5) is 0 Å². The predicted molar refractivity (Wildman–Crippen MR) is 79.2 cm³/mol. The molecule has 1 heterocycles. The lowest BCUT2D eigenvalue weighted by Gasteiger charge is -2.36. The number of benzene rings is 1. The summed E-state index contributed by atoms with van der Waals surface area (Å²) in [6.07, 6.45) is -1.91. The van der Waals surface area contributed by atoms with E-state index in [1.54, 1.807) is 13.8 Å². The zero-order valence-electron chi connectivity index (χ0n) is 12.8. The molecule has 0 saturated carbocycles. The molecule has 0 bridgehead atoms. The number of ether oxygens (including phenoxy) is 2. The second kappa shape index (κ2) is 7.38. The molecular weight excluding hydrogens is 286 g/mol. The lowest BCUT2D eigenvalue weighted by Crippen LogP contribution is -2.54. The molecule has 1 N–H and O–H groups in total. The van der Waals surface area contributed by atoms with Gasteiger partial charge in [-0.3, -0.25) is 4.79 Å². The highest BCUT2D eigenvalue weighted by Gasteiger charge is 2.34. The minimum atomic E-state index is -1.05. The van der Waals surface area contributed by atoms with Crippen LogP contribution in [-0.2, 0) is 25.7 Å². The van der Waals surface area contributed by atoms with Crippen molar-refractivity contribution in [2.75, 3.05) is 13.1 Å². The van der Waals surface area contributed by atoms with Gasteiger partial charge < -0.3 is 19.5 Å². The van der Waals surface area contributed by atoms with E-state index in [1.165, 1.54) is 4.90 Å². The lowest BCUT2D eigenvalue weighted by molar-refractivity contribution is -0.170. The molecule has 6 heteroatoms. The molecule has 6 nitrogen and oxygen atoms in total. The Morgan fingerprint density at radius 3 is 2.68 bits per heavy atom. The Balaban J connectivity index is 1.90. The zero-order chi connectivity index (χ0) is 16.1. The summed E-state index contributed by atoms with van der Waals surface area (Å²) in [6, 6.07) is 9.58. The number of rotatable bonds is 5. The molecule has 2 unspecified atom stereocenters. The van der Waals surface area contributed by atoms with Crippen LogP contribution in [0.1, 0.15) is 19.4 Å². The quantitative estimate of drug-likeness (QED) is 0.887. The van der Waals surface area contributed by atoms with Crippen molar-refractivity contribution in [3.63, 3.8) is 0 Å². The van der Waals surface area contributed by atoms with Gasteiger partial charge in [0.1, 0.15) is 6.10 Å². The van der Waals surface area contributed by atoms with Crippen LogP contribution in [0.5, 0.6) is 0 Å². The maximum atomic E-state index is 12.4. The number of carbonyl (C=O) groups is 2. The first-order valence-electron chi connectivity index (χ1n) is 7.30. The molecule has 0 radical (unpaired) electrons. The number of nitrogens with zero attached hydrogens (tertiary/aromatic N) is 1. The second-order valence-corrected chi connectivity index (χ2v) is 5.46. The molecule has 22 heavy (non-hydrogen) atoms.